The van der Waals surface area contributed by atoms with E-state index < -0.39 is 0 Å². The fourth-order valence-electron chi connectivity index (χ4n) is 1.44. The van der Waals surface area contributed by atoms with Gasteiger partial charge in [0, 0.05) is 12.3 Å². The Morgan fingerprint density at radius 1 is 1.33 bits per heavy atom. The predicted octanol–water partition coefficient (Wildman–Crippen LogP) is 3.37. The monoisotopic (exact) mass is 208 g/mol. The SMILES string of the molecule is CC(C)C(=O)CCCc1ccccc1F. The minimum atomic E-state index is -0.172. The van der Waals surface area contributed by atoms with Crippen molar-refractivity contribution in [2.24, 2.45) is 5.92 Å². The van der Waals surface area contributed by atoms with Crippen molar-refractivity contribution in [1.29, 1.82) is 0 Å². The Balaban J connectivity index is 2.38. The summed E-state index contributed by atoms with van der Waals surface area (Å²) < 4.78 is 13.2. The van der Waals surface area contributed by atoms with Crippen molar-refractivity contribution in [3.63, 3.8) is 0 Å². The maximum absolute atomic E-state index is 13.2. The van der Waals surface area contributed by atoms with Crippen molar-refractivity contribution in [2.75, 3.05) is 0 Å². The zero-order valence-corrected chi connectivity index (χ0v) is 9.29. The summed E-state index contributed by atoms with van der Waals surface area (Å²) in [5.41, 5.74) is 0.703. The van der Waals surface area contributed by atoms with Crippen molar-refractivity contribution in [3.8, 4) is 0 Å². The first-order valence-corrected chi connectivity index (χ1v) is 5.37. The lowest BCUT2D eigenvalue weighted by Gasteiger charge is -2.04. The highest BCUT2D eigenvalue weighted by Gasteiger charge is 2.07. The fraction of sp³-hybridized carbons (Fsp3) is 0.462. The summed E-state index contributed by atoms with van der Waals surface area (Å²) in [4.78, 5) is 11.3. The fourth-order valence-corrected chi connectivity index (χ4v) is 1.44. The van der Waals surface area contributed by atoms with E-state index in [1.54, 1.807) is 12.1 Å². The van der Waals surface area contributed by atoms with Crippen LogP contribution in [0.3, 0.4) is 0 Å². The topological polar surface area (TPSA) is 17.1 Å². The molecule has 0 aliphatic carbocycles. The second-order valence-corrected chi connectivity index (χ2v) is 4.07. The average molecular weight is 208 g/mol. The first-order chi connectivity index (χ1) is 7.11. The Hall–Kier alpha value is -1.18. The molecule has 0 unspecified atom stereocenters. The molecule has 15 heavy (non-hydrogen) atoms. The van der Waals surface area contributed by atoms with E-state index in [1.807, 2.05) is 19.9 Å². The molecule has 0 N–H and O–H groups in total. The van der Waals surface area contributed by atoms with Gasteiger partial charge in [-0.05, 0) is 24.5 Å². The molecule has 0 spiro atoms. The Kier molecular flexibility index (Phi) is 4.47. The van der Waals surface area contributed by atoms with E-state index >= 15 is 0 Å². The number of Topliss-reactive ketones (excluding diaryl/α,β-unsaturated/α-hetero) is 1. The van der Waals surface area contributed by atoms with Gasteiger partial charge in [0.1, 0.15) is 11.6 Å². The summed E-state index contributed by atoms with van der Waals surface area (Å²) in [6.45, 7) is 3.79. The van der Waals surface area contributed by atoms with Gasteiger partial charge in [-0.1, -0.05) is 32.0 Å². The van der Waals surface area contributed by atoms with Crippen LogP contribution < -0.4 is 0 Å². The van der Waals surface area contributed by atoms with Gasteiger partial charge in [0.05, 0.1) is 0 Å². The summed E-state index contributed by atoms with van der Waals surface area (Å²) in [6.07, 6.45) is 1.93. The summed E-state index contributed by atoms with van der Waals surface area (Å²) >= 11 is 0. The third kappa shape index (κ3) is 3.82. The van der Waals surface area contributed by atoms with Crippen LogP contribution in [0, 0.1) is 11.7 Å². The third-order valence-electron chi connectivity index (χ3n) is 2.47. The number of ketones is 1. The van der Waals surface area contributed by atoms with Crippen molar-refractivity contribution in [3.05, 3.63) is 35.6 Å². The van der Waals surface area contributed by atoms with E-state index in [-0.39, 0.29) is 17.5 Å². The van der Waals surface area contributed by atoms with Gasteiger partial charge in [-0.3, -0.25) is 4.79 Å². The van der Waals surface area contributed by atoms with Crippen molar-refractivity contribution in [2.45, 2.75) is 33.1 Å². The number of hydrogen-bond acceptors (Lipinski definition) is 1. The molecule has 1 aromatic rings. The van der Waals surface area contributed by atoms with Crippen molar-refractivity contribution >= 4 is 5.78 Å². The standard InChI is InChI=1S/C13H17FO/c1-10(2)13(15)9-5-7-11-6-3-4-8-12(11)14/h3-4,6,8,10H,5,7,9H2,1-2H3. The van der Waals surface area contributed by atoms with Crippen LogP contribution in [-0.4, -0.2) is 5.78 Å². The highest BCUT2D eigenvalue weighted by molar-refractivity contribution is 5.80. The third-order valence-corrected chi connectivity index (χ3v) is 2.47. The normalized spacial score (nSPS) is 10.7. The molecule has 0 saturated heterocycles. The molecule has 0 heterocycles. The van der Waals surface area contributed by atoms with Crippen LogP contribution in [0.2, 0.25) is 0 Å². The van der Waals surface area contributed by atoms with Crippen LogP contribution >= 0.6 is 0 Å². The second-order valence-electron chi connectivity index (χ2n) is 4.07. The van der Waals surface area contributed by atoms with Crippen LogP contribution in [0.4, 0.5) is 4.39 Å². The molecule has 0 amide bonds. The number of benzene rings is 1. The molecule has 0 aliphatic heterocycles. The molecule has 2 heteroatoms. The van der Waals surface area contributed by atoms with Gasteiger partial charge in [-0.15, -0.1) is 0 Å². The number of rotatable bonds is 5. The van der Waals surface area contributed by atoms with Gasteiger partial charge in [-0.2, -0.15) is 0 Å². The minimum absolute atomic E-state index is 0.0885. The Labute approximate surface area is 90.3 Å². The van der Waals surface area contributed by atoms with Gasteiger partial charge >= 0.3 is 0 Å². The van der Waals surface area contributed by atoms with Crippen LogP contribution in [0.25, 0.3) is 0 Å². The number of halogens is 1. The first-order valence-electron chi connectivity index (χ1n) is 5.37. The molecule has 0 bridgehead atoms. The number of carbonyl (C=O) groups is 1. The number of hydrogen-bond donors (Lipinski definition) is 0. The van der Waals surface area contributed by atoms with Crippen molar-refractivity contribution in [1.82, 2.24) is 0 Å². The Morgan fingerprint density at radius 3 is 2.60 bits per heavy atom. The quantitative estimate of drug-likeness (QED) is 0.725. The zero-order valence-electron chi connectivity index (χ0n) is 9.29. The highest BCUT2D eigenvalue weighted by Crippen LogP contribution is 2.11. The molecule has 1 aromatic carbocycles. The molecule has 0 aliphatic rings. The van der Waals surface area contributed by atoms with Gasteiger partial charge < -0.3 is 0 Å². The Bertz CT molecular complexity index is 331. The molecule has 0 fully saturated rings. The molecule has 1 rings (SSSR count). The maximum atomic E-state index is 13.2. The van der Waals surface area contributed by atoms with Crippen LogP contribution in [-0.2, 0) is 11.2 Å². The van der Waals surface area contributed by atoms with Gasteiger partial charge in [0.15, 0.2) is 0 Å². The lowest BCUT2D eigenvalue weighted by Crippen LogP contribution is -2.07. The average Bonchev–Trinajstić information content (AvgIpc) is 2.20. The van der Waals surface area contributed by atoms with E-state index in [2.05, 4.69) is 0 Å². The minimum Gasteiger partial charge on any atom is -0.299 e. The van der Waals surface area contributed by atoms with E-state index in [4.69, 9.17) is 0 Å². The van der Waals surface area contributed by atoms with E-state index in [0.29, 0.717) is 18.4 Å². The zero-order chi connectivity index (χ0) is 11.3. The molecule has 82 valence electrons. The second kappa shape index (κ2) is 5.64. The largest absolute Gasteiger partial charge is 0.299 e. The lowest BCUT2D eigenvalue weighted by atomic mass is 10.0. The summed E-state index contributed by atoms with van der Waals surface area (Å²) in [6, 6.07) is 6.73. The van der Waals surface area contributed by atoms with Gasteiger partial charge in [-0.25, -0.2) is 4.39 Å². The lowest BCUT2D eigenvalue weighted by molar-refractivity contribution is -0.121. The maximum Gasteiger partial charge on any atom is 0.135 e. The van der Waals surface area contributed by atoms with Crippen LogP contribution in [0.5, 0.6) is 0 Å². The van der Waals surface area contributed by atoms with Crippen LogP contribution in [0.1, 0.15) is 32.3 Å². The molecule has 0 aromatic heterocycles. The summed E-state index contributed by atoms with van der Waals surface area (Å²) in [5, 5.41) is 0. The molecular weight excluding hydrogens is 191 g/mol. The molecule has 1 nitrogen and oxygen atoms in total. The highest BCUT2D eigenvalue weighted by atomic mass is 19.1. The number of carbonyl (C=O) groups excluding carboxylic acids is 1. The van der Waals surface area contributed by atoms with Crippen LogP contribution in [0.15, 0.2) is 24.3 Å². The molecular formula is C13H17FO. The van der Waals surface area contributed by atoms with Gasteiger partial charge in [0.25, 0.3) is 0 Å². The van der Waals surface area contributed by atoms with Gasteiger partial charge in [0.2, 0.25) is 0 Å². The Morgan fingerprint density at radius 2 is 2.00 bits per heavy atom. The van der Waals surface area contributed by atoms with E-state index in [0.717, 1.165) is 6.42 Å². The van der Waals surface area contributed by atoms with Crippen molar-refractivity contribution < 1.29 is 9.18 Å². The summed E-state index contributed by atoms with van der Waals surface area (Å²) in [7, 11) is 0. The molecule has 0 atom stereocenters. The predicted molar refractivity (Wildman–Crippen MR) is 59.2 cm³/mol. The smallest absolute Gasteiger partial charge is 0.135 e. The first kappa shape index (κ1) is 11.9. The number of aryl methyl sites for hydroxylation is 1. The summed E-state index contributed by atoms with van der Waals surface area (Å²) in [5.74, 6) is 0.173. The molecule has 0 saturated carbocycles. The van der Waals surface area contributed by atoms with E-state index in [1.165, 1.54) is 6.07 Å². The van der Waals surface area contributed by atoms with E-state index in [9.17, 15) is 9.18 Å². The molecule has 0 radical (unpaired) electrons.